The summed E-state index contributed by atoms with van der Waals surface area (Å²) in [5, 5.41) is 10.4. The van der Waals surface area contributed by atoms with Crippen LogP contribution in [0.3, 0.4) is 0 Å². The summed E-state index contributed by atoms with van der Waals surface area (Å²) < 4.78 is 0. The molecule has 6 unspecified atom stereocenters. The summed E-state index contributed by atoms with van der Waals surface area (Å²) in [5.74, 6) is 2.77. The molecular formula is C28H48O. The van der Waals surface area contributed by atoms with Gasteiger partial charge in [0.15, 0.2) is 0 Å². The zero-order valence-electron chi connectivity index (χ0n) is 20.1. The maximum absolute atomic E-state index is 10.4. The highest BCUT2D eigenvalue weighted by Gasteiger charge is 2.52. The minimum absolute atomic E-state index is 0.0790. The second-order valence-corrected chi connectivity index (χ2v) is 10.5. The first-order chi connectivity index (χ1) is 13.8. The Morgan fingerprint density at radius 1 is 1.17 bits per heavy atom. The fourth-order valence-electron chi connectivity index (χ4n) is 6.66. The van der Waals surface area contributed by atoms with Gasteiger partial charge in [-0.3, -0.25) is 0 Å². The Morgan fingerprint density at radius 3 is 2.62 bits per heavy atom. The molecule has 1 heteroatoms. The van der Waals surface area contributed by atoms with Crippen molar-refractivity contribution in [1.82, 2.24) is 0 Å². The number of hydrogen-bond donors (Lipinski definition) is 1. The molecule has 2 aliphatic carbocycles. The molecule has 29 heavy (non-hydrogen) atoms. The van der Waals surface area contributed by atoms with E-state index in [0.29, 0.717) is 17.3 Å². The molecule has 0 bridgehead atoms. The van der Waals surface area contributed by atoms with Gasteiger partial charge in [-0.1, -0.05) is 63.1 Å². The standard InChI is InChI=1S/C28H48O/c1-7-9-10-13-21(3)14-11-15-22(4)20-24-16-17-25-23(5)27(29)18-19-28(25,6)26(24)12-8-2/h7,9,14,23-27,29H,4,8,10-13,15-20H2,1-3,5-6H3/b9-7-,21-14+. The van der Waals surface area contributed by atoms with E-state index in [-0.39, 0.29) is 6.10 Å². The van der Waals surface area contributed by atoms with E-state index in [4.69, 9.17) is 0 Å². The van der Waals surface area contributed by atoms with Gasteiger partial charge in [0.25, 0.3) is 0 Å². The Balaban J connectivity index is 1.94. The first kappa shape index (κ1) is 24.4. The van der Waals surface area contributed by atoms with E-state index in [0.717, 1.165) is 37.5 Å². The minimum Gasteiger partial charge on any atom is -0.393 e. The highest BCUT2D eigenvalue weighted by Crippen LogP contribution is 2.59. The van der Waals surface area contributed by atoms with E-state index in [1.165, 1.54) is 56.1 Å². The molecule has 6 atom stereocenters. The lowest BCUT2D eigenvalue weighted by Crippen LogP contribution is -2.51. The average molecular weight is 401 g/mol. The van der Waals surface area contributed by atoms with E-state index in [1.807, 2.05) is 0 Å². The topological polar surface area (TPSA) is 20.2 Å². The smallest absolute Gasteiger partial charge is 0.0568 e. The monoisotopic (exact) mass is 400 g/mol. The second-order valence-electron chi connectivity index (χ2n) is 10.5. The van der Waals surface area contributed by atoms with Crippen LogP contribution in [0, 0.1) is 29.1 Å². The van der Waals surface area contributed by atoms with Crippen LogP contribution in [0.5, 0.6) is 0 Å². The summed E-state index contributed by atoms with van der Waals surface area (Å²) >= 11 is 0. The molecule has 2 saturated carbocycles. The summed E-state index contributed by atoms with van der Waals surface area (Å²) in [5.41, 5.74) is 3.39. The van der Waals surface area contributed by atoms with Gasteiger partial charge in [0, 0.05) is 0 Å². The summed E-state index contributed by atoms with van der Waals surface area (Å²) in [7, 11) is 0. The summed E-state index contributed by atoms with van der Waals surface area (Å²) in [6, 6.07) is 0. The Bertz CT molecular complexity index is 571. The van der Waals surface area contributed by atoms with Crippen LogP contribution < -0.4 is 0 Å². The number of aliphatic hydroxyl groups is 1. The van der Waals surface area contributed by atoms with Crippen LogP contribution in [0.25, 0.3) is 0 Å². The van der Waals surface area contributed by atoms with Crippen molar-refractivity contribution in [3.63, 3.8) is 0 Å². The maximum Gasteiger partial charge on any atom is 0.0568 e. The SMILES string of the molecule is C=C(CC/C=C(\C)CC/C=C\C)CC1CCC2C(C)C(O)CCC2(C)C1CCC. The molecule has 0 aromatic heterocycles. The molecule has 2 rings (SSSR count). The van der Waals surface area contributed by atoms with Gasteiger partial charge in [-0.25, -0.2) is 0 Å². The van der Waals surface area contributed by atoms with Crippen LogP contribution in [0.2, 0.25) is 0 Å². The minimum atomic E-state index is -0.0790. The molecule has 1 N–H and O–H groups in total. The molecule has 0 aromatic rings. The zero-order chi connectivity index (χ0) is 21.4. The fourth-order valence-corrected chi connectivity index (χ4v) is 6.66. The van der Waals surface area contributed by atoms with Crippen molar-refractivity contribution in [3.05, 3.63) is 36.0 Å². The lowest BCUT2D eigenvalue weighted by molar-refractivity contribution is -0.108. The van der Waals surface area contributed by atoms with Crippen molar-refractivity contribution >= 4 is 0 Å². The van der Waals surface area contributed by atoms with Crippen LogP contribution >= 0.6 is 0 Å². The Kier molecular flexibility index (Phi) is 9.73. The molecule has 2 fully saturated rings. The molecule has 0 radical (unpaired) electrons. The molecule has 2 aliphatic rings. The van der Waals surface area contributed by atoms with E-state index >= 15 is 0 Å². The summed E-state index contributed by atoms with van der Waals surface area (Å²) in [6.07, 6.45) is 20.1. The molecule has 0 saturated heterocycles. The van der Waals surface area contributed by atoms with Gasteiger partial charge >= 0.3 is 0 Å². The number of allylic oxidation sites excluding steroid dienone is 5. The molecule has 0 aromatic carbocycles. The number of hydrogen-bond acceptors (Lipinski definition) is 1. The second kappa shape index (κ2) is 11.5. The molecule has 1 nitrogen and oxygen atoms in total. The van der Waals surface area contributed by atoms with Gasteiger partial charge in [-0.15, -0.1) is 0 Å². The van der Waals surface area contributed by atoms with E-state index < -0.39 is 0 Å². The van der Waals surface area contributed by atoms with Gasteiger partial charge in [0.05, 0.1) is 6.10 Å². The maximum atomic E-state index is 10.4. The van der Waals surface area contributed by atoms with Crippen LogP contribution in [0.4, 0.5) is 0 Å². The number of aliphatic hydroxyl groups excluding tert-OH is 1. The third kappa shape index (κ3) is 6.33. The van der Waals surface area contributed by atoms with Crippen LogP contribution in [0.1, 0.15) is 105 Å². The average Bonchev–Trinajstić information content (AvgIpc) is 2.68. The van der Waals surface area contributed by atoms with Crippen LogP contribution in [-0.4, -0.2) is 11.2 Å². The van der Waals surface area contributed by atoms with Crippen molar-refractivity contribution in [2.45, 2.75) is 111 Å². The fraction of sp³-hybridized carbons (Fsp3) is 0.786. The van der Waals surface area contributed by atoms with Crippen molar-refractivity contribution in [3.8, 4) is 0 Å². The lowest BCUT2D eigenvalue weighted by atomic mass is 9.48. The van der Waals surface area contributed by atoms with Gasteiger partial charge in [0.2, 0.25) is 0 Å². The molecule has 0 amide bonds. The summed E-state index contributed by atoms with van der Waals surface area (Å²) in [6.45, 7) is 16.1. The quantitative estimate of drug-likeness (QED) is 0.366. The number of rotatable bonds is 10. The molecular weight excluding hydrogens is 352 g/mol. The van der Waals surface area contributed by atoms with Gasteiger partial charge in [-0.2, -0.15) is 0 Å². The Labute approximate surface area is 181 Å². The first-order valence-corrected chi connectivity index (χ1v) is 12.4. The molecule has 0 heterocycles. The molecule has 166 valence electrons. The summed E-state index contributed by atoms with van der Waals surface area (Å²) in [4.78, 5) is 0. The van der Waals surface area contributed by atoms with Crippen molar-refractivity contribution in [2.75, 3.05) is 0 Å². The molecule has 0 aliphatic heterocycles. The Morgan fingerprint density at radius 2 is 1.93 bits per heavy atom. The number of fused-ring (bicyclic) bond motifs is 1. The van der Waals surface area contributed by atoms with E-state index in [1.54, 1.807) is 0 Å². The Hall–Kier alpha value is -0.820. The third-order valence-electron chi connectivity index (χ3n) is 8.41. The van der Waals surface area contributed by atoms with Crippen molar-refractivity contribution in [1.29, 1.82) is 0 Å². The van der Waals surface area contributed by atoms with Crippen molar-refractivity contribution in [2.24, 2.45) is 29.1 Å². The zero-order valence-corrected chi connectivity index (χ0v) is 20.1. The van der Waals surface area contributed by atoms with Gasteiger partial charge < -0.3 is 5.11 Å². The lowest BCUT2D eigenvalue weighted by Gasteiger charge is -2.57. The van der Waals surface area contributed by atoms with Gasteiger partial charge in [-0.05, 0) is 107 Å². The van der Waals surface area contributed by atoms with E-state index in [9.17, 15) is 5.11 Å². The largest absolute Gasteiger partial charge is 0.393 e. The van der Waals surface area contributed by atoms with Gasteiger partial charge in [0.1, 0.15) is 0 Å². The van der Waals surface area contributed by atoms with E-state index in [2.05, 4.69) is 59.4 Å². The highest BCUT2D eigenvalue weighted by molar-refractivity contribution is 5.07. The predicted molar refractivity (Wildman–Crippen MR) is 128 cm³/mol. The normalized spacial score (nSPS) is 35.7. The first-order valence-electron chi connectivity index (χ1n) is 12.4. The highest BCUT2D eigenvalue weighted by atomic mass is 16.3. The van der Waals surface area contributed by atoms with Crippen LogP contribution in [0.15, 0.2) is 36.0 Å². The third-order valence-corrected chi connectivity index (χ3v) is 8.41. The van der Waals surface area contributed by atoms with Crippen LogP contribution in [-0.2, 0) is 0 Å². The van der Waals surface area contributed by atoms with Crippen molar-refractivity contribution < 1.29 is 5.11 Å². The predicted octanol–water partition coefficient (Wildman–Crippen LogP) is 8.26. The molecule has 0 spiro atoms.